The zero-order chi connectivity index (χ0) is 25.9. The standard InChI is InChI=1S/C20H12F8N4O3/c1-8(31-34-7-11-12(21)14(23)16(25)15(24)13(11)22)6-29-18(33)10-4-2-9(3-5-10)17-30-19(35-32-17)20(26,27)28/h2-5H,6-7H2,1H3,(H,29,33). The number of amides is 1. The average molecular weight is 508 g/mol. The van der Waals surface area contributed by atoms with Crippen molar-refractivity contribution in [3.05, 3.63) is 70.4 Å². The fourth-order valence-corrected chi connectivity index (χ4v) is 2.55. The minimum Gasteiger partial charge on any atom is -0.391 e. The fraction of sp³-hybridized carbons (Fsp3) is 0.200. The van der Waals surface area contributed by atoms with Gasteiger partial charge in [-0.3, -0.25) is 4.79 Å². The summed E-state index contributed by atoms with van der Waals surface area (Å²) in [6, 6.07) is 5.13. The molecule has 1 aromatic heterocycles. The van der Waals surface area contributed by atoms with Crippen LogP contribution >= 0.6 is 0 Å². The lowest BCUT2D eigenvalue weighted by Gasteiger charge is -2.08. The van der Waals surface area contributed by atoms with Gasteiger partial charge in [0.1, 0.15) is 6.61 Å². The Morgan fingerprint density at radius 1 is 1.00 bits per heavy atom. The number of carbonyl (C=O) groups excluding carboxylic acids is 1. The average Bonchev–Trinajstić information content (AvgIpc) is 3.33. The van der Waals surface area contributed by atoms with Gasteiger partial charge in [0.05, 0.1) is 17.8 Å². The minimum absolute atomic E-state index is 0.0744. The third-order valence-electron chi connectivity index (χ3n) is 4.31. The number of nitrogens with zero attached hydrogens (tertiary/aromatic N) is 3. The fourth-order valence-electron chi connectivity index (χ4n) is 2.55. The SMILES string of the molecule is CC(CNC(=O)c1ccc(-c2noc(C(F)(F)F)n2)cc1)=NOCc1c(F)c(F)c(F)c(F)c1F. The molecule has 0 unspecified atom stereocenters. The van der Waals surface area contributed by atoms with E-state index in [1.165, 1.54) is 31.2 Å². The van der Waals surface area contributed by atoms with E-state index < -0.39 is 59.2 Å². The van der Waals surface area contributed by atoms with Crippen LogP contribution in [0.1, 0.15) is 28.7 Å². The first kappa shape index (κ1) is 25.6. The van der Waals surface area contributed by atoms with Crippen molar-refractivity contribution in [2.75, 3.05) is 6.54 Å². The van der Waals surface area contributed by atoms with Gasteiger partial charge in [0.15, 0.2) is 23.3 Å². The summed E-state index contributed by atoms with van der Waals surface area (Å²) >= 11 is 0. The topological polar surface area (TPSA) is 89.6 Å². The molecule has 7 nitrogen and oxygen atoms in total. The Morgan fingerprint density at radius 2 is 1.57 bits per heavy atom. The van der Waals surface area contributed by atoms with Crippen LogP contribution in [0, 0.1) is 29.1 Å². The van der Waals surface area contributed by atoms with Crippen LogP contribution in [-0.4, -0.2) is 28.3 Å². The third kappa shape index (κ3) is 5.73. The molecule has 186 valence electrons. The van der Waals surface area contributed by atoms with Gasteiger partial charge in [0, 0.05) is 11.1 Å². The monoisotopic (exact) mass is 508 g/mol. The lowest BCUT2D eigenvalue weighted by molar-refractivity contribution is -0.159. The maximum absolute atomic E-state index is 13.6. The van der Waals surface area contributed by atoms with Crippen LogP contribution in [0.15, 0.2) is 33.9 Å². The van der Waals surface area contributed by atoms with Gasteiger partial charge in [-0.25, -0.2) is 22.0 Å². The summed E-state index contributed by atoms with van der Waals surface area (Å²) in [5, 5.41) is 9.07. The quantitative estimate of drug-likeness (QED) is 0.163. The van der Waals surface area contributed by atoms with Crippen molar-refractivity contribution in [2.24, 2.45) is 5.16 Å². The summed E-state index contributed by atoms with van der Waals surface area (Å²) in [4.78, 5) is 20.0. The van der Waals surface area contributed by atoms with Gasteiger partial charge in [-0.15, -0.1) is 0 Å². The Bertz CT molecular complexity index is 1240. The summed E-state index contributed by atoms with van der Waals surface area (Å²) in [5.74, 6) is -13.1. The van der Waals surface area contributed by atoms with Crippen molar-refractivity contribution in [2.45, 2.75) is 19.7 Å². The Hall–Kier alpha value is -4.04. The first-order chi connectivity index (χ1) is 16.4. The van der Waals surface area contributed by atoms with E-state index in [0.29, 0.717) is 0 Å². The number of hydrogen-bond donors (Lipinski definition) is 1. The van der Waals surface area contributed by atoms with Crippen LogP contribution in [0.25, 0.3) is 11.4 Å². The molecule has 1 N–H and O–H groups in total. The molecule has 0 saturated heterocycles. The van der Waals surface area contributed by atoms with E-state index >= 15 is 0 Å². The van der Waals surface area contributed by atoms with Crippen LogP contribution in [0.5, 0.6) is 0 Å². The molecule has 0 bridgehead atoms. The molecule has 0 atom stereocenters. The molecule has 15 heteroatoms. The summed E-state index contributed by atoms with van der Waals surface area (Å²) in [6.45, 7) is 0.0541. The zero-order valence-corrected chi connectivity index (χ0v) is 17.3. The maximum atomic E-state index is 13.6. The first-order valence-corrected chi connectivity index (χ1v) is 9.35. The normalized spacial score (nSPS) is 12.1. The van der Waals surface area contributed by atoms with Crippen LogP contribution < -0.4 is 5.32 Å². The summed E-state index contributed by atoms with van der Waals surface area (Å²) < 4.78 is 108. The van der Waals surface area contributed by atoms with Crippen molar-refractivity contribution in [1.82, 2.24) is 15.5 Å². The molecule has 0 aliphatic carbocycles. The Kier molecular flexibility index (Phi) is 7.36. The molecule has 1 amide bonds. The number of hydrogen-bond acceptors (Lipinski definition) is 6. The molecule has 35 heavy (non-hydrogen) atoms. The summed E-state index contributed by atoms with van der Waals surface area (Å²) in [5.41, 5.74) is -0.889. The molecule has 0 spiro atoms. The number of oxime groups is 1. The second kappa shape index (κ2) is 10.1. The number of benzene rings is 2. The van der Waals surface area contributed by atoms with E-state index in [1.54, 1.807) is 0 Å². The lowest BCUT2D eigenvalue weighted by atomic mass is 10.1. The van der Waals surface area contributed by atoms with E-state index in [9.17, 15) is 39.9 Å². The van der Waals surface area contributed by atoms with E-state index in [0.717, 1.165) is 0 Å². The number of nitrogens with one attached hydrogen (secondary N) is 1. The highest BCUT2D eigenvalue weighted by molar-refractivity contribution is 5.97. The van der Waals surface area contributed by atoms with Crippen molar-refractivity contribution >= 4 is 11.6 Å². The molecule has 0 aliphatic heterocycles. The van der Waals surface area contributed by atoms with Gasteiger partial charge in [-0.05, 0) is 19.1 Å². The van der Waals surface area contributed by atoms with E-state index in [-0.39, 0.29) is 29.2 Å². The zero-order valence-electron chi connectivity index (χ0n) is 17.3. The molecular formula is C20H12F8N4O3. The molecule has 3 aromatic rings. The van der Waals surface area contributed by atoms with Gasteiger partial charge in [0.2, 0.25) is 11.6 Å². The molecule has 3 rings (SSSR count). The second-order valence-electron chi connectivity index (χ2n) is 6.83. The second-order valence-corrected chi connectivity index (χ2v) is 6.83. The van der Waals surface area contributed by atoms with E-state index in [2.05, 4.69) is 30.0 Å². The minimum atomic E-state index is -4.80. The van der Waals surface area contributed by atoms with Gasteiger partial charge in [0.25, 0.3) is 5.91 Å². The number of aromatic nitrogens is 2. The molecule has 0 aliphatic rings. The lowest BCUT2D eigenvalue weighted by Crippen LogP contribution is -2.28. The highest BCUT2D eigenvalue weighted by Crippen LogP contribution is 2.29. The van der Waals surface area contributed by atoms with Crippen LogP contribution in [0.2, 0.25) is 0 Å². The van der Waals surface area contributed by atoms with Crippen molar-refractivity contribution in [3.63, 3.8) is 0 Å². The summed E-state index contributed by atoms with van der Waals surface area (Å²) in [6.07, 6.45) is -4.80. The number of carbonyl (C=O) groups is 1. The van der Waals surface area contributed by atoms with Crippen molar-refractivity contribution in [3.8, 4) is 11.4 Å². The molecule has 2 aromatic carbocycles. The smallest absolute Gasteiger partial charge is 0.391 e. The van der Waals surface area contributed by atoms with Crippen molar-refractivity contribution in [1.29, 1.82) is 0 Å². The van der Waals surface area contributed by atoms with E-state index in [1.807, 2.05) is 0 Å². The van der Waals surface area contributed by atoms with Crippen LogP contribution in [0.3, 0.4) is 0 Å². The Balaban J connectivity index is 1.56. The maximum Gasteiger partial charge on any atom is 0.471 e. The van der Waals surface area contributed by atoms with Crippen LogP contribution in [-0.2, 0) is 17.6 Å². The molecule has 0 radical (unpaired) electrons. The van der Waals surface area contributed by atoms with Gasteiger partial charge >= 0.3 is 12.1 Å². The van der Waals surface area contributed by atoms with Gasteiger partial charge in [-0.2, -0.15) is 18.2 Å². The summed E-state index contributed by atoms with van der Waals surface area (Å²) in [7, 11) is 0. The first-order valence-electron chi connectivity index (χ1n) is 9.35. The molecule has 0 saturated carbocycles. The van der Waals surface area contributed by atoms with E-state index in [4.69, 9.17) is 0 Å². The highest BCUT2D eigenvalue weighted by atomic mass is 19.4. The molecule has 1 heterocycles. The Labute approximate surface area is 190 Å². The number of halogens is 8. The predicted octanol–water partition coefficient (Wildman–Crippen LogP) is 4.77. The predicted molar refractivity (Wildman–Crippen MR) is 101 cm³/mol. The molecule has 0 fully saturated rings. The third-order valence-corrected chi connectivity index (χ3v) is 4.31. The van der Waals surface area contributed by atoms with Gasteiger partial charge in [-0.1, -0.05) is 22.4 Å². The van der Waals surface area contributed by atoms with Gasteiger partial charge < -0.3 is 14.7 Å². The van der Waals surface area contributed by atoms with Crippen molar-refractivity contribution < 1.29 is 49.3 Å². The Morgan fingerprint density at radius 3 is 2.11 bits per heavy atom. The van der Waals surface area contributed by atoms with Crippen LogP contribution in [0.4, 0.5) is 35.1 Å². The largest absolute Gasteiger partial charge is 0.471 e. The highest BCUT2D eigenvalue weighted by Gasteiger charge is 2.38. The number of rotatable bonds is 7. The molecular weight excluding hydrogens is 496 g/mol. The number of alkyl halides is 3.